The van der Waals surface area contributed by atoms with Gasteiger partial charge in [-0.1, -0.05) is 13.3 Å². The topological polar surface area (TPSA) is 60.9 Å². The fourth-order valence-corrected chi connectivity index (χ4v) is 4.08. The van der Waals surface area contributed by atoms with Crippen LogP contribution in [-0.2, 0) is 9.59 Å². The molecule has 21 heavy (non-hydrogen) atoms. The molecule has 0 aromatic heterocycles. The number of carbonyl (C=O) groups excluding carboxylic acids is 1. The summed E-state index contributed by atoms with van der Waals surface area (Å²) in [6.45, 7) is 8.87. The minimum absolute atomic E-state index is 0.0802. The van der Waals surface area contributed by atoms with E-state index in [0.717, 1.165) is 19.6 Å². The number of carboxylic acids is 1. The molecular weight excluding hydrogens is 268 g/mol. The largest absolute Gasteiger partial charge is 0.481 e. The maximum atomic E-state index is 12.4. The molecule has 4 atom stereocenters. The number of hydrogen-bond donors (Lipinski definition) is 1. The molecular formula is C16H28N2O3. The summed E-state index contributed by atoms with van der Waals surface area (Å²) in [5.41, 5.74) is 0. The highest BCUT2D eigenvalue weighted by Crippen LogP contribution is 2.31. The molecule has 5 nitrogen and oxygen atoms in total. The predicted octanol–water partition coefficient (Wildman–Crippen LogP) is 1.82. The van der Waals surface area contributed by atoms with E-state index in [1.807, 2.05) is 18.7 Å². The van der Waals surface area contributed by atoms with Gasteiger partial charge in [0.15, 0.2) is 0 Å². The van der Waals surface area contributed by atoms with Crippen LogP contribution in [0.2, 0.25) is 0 Å². The van der Waals surface area contributed by atoms with Gasteiger partial charge >= 0.3 is 5.97 Å². The van der Waals surface area contributed by atoms with Crippen molar-refractivity contribution in [1.29, 1.82) is 0 Å². The molecule has 1 N–H and O–H groups in total. The predicted molar refractivity (Wildman–Crippen MR) is 81.0 cm³/mol. The summed E-state index contributed by atoms with van der Waals surface area (Å²) >= 11 is 0. The van der Waals surface area contributed by atoms with Gasteiger partial charge in [0.2, 0.25) is 5.91 Å². The Morgan fingerprint density at radius 1 is 1.29 bits per heavy atom. The lowest BCUT2D eigenvalue weighted by Gasteiger charge is -2.45. The van der Waals surface area contributed by atoms with Crippen LogP contribution >= 0.6 is 0 Å². The van der Waals surface area contributed by atoms with Crippen LogP contribution in [0.5, 0.6) is 0 Å². The Bertz CT molecular complexity index is 393. The van der Waals surface area contributed by atoms with Crippen LogP contribution in [0.4, 0.5) is 0 Å². The van der Waals surface area contributed by atoms with Gasteiger partial charge in [-0.25, -0.2) is 0 Å². The number of rotatable bonds is 4. The van der Waals surface area contributed by atoms with Crippen LogP contribution in [-0.4, -0.2) is 58.5 Å². The molecule has 2 aliphatic heterocycles. The van der Waals surface area contributed by atoms with Gasteiger partial charge in [-0.2, -0.15) is 0 Å². The first kappa shape index (κ1) is 16.3. The maximum absolute atomic E-state index is 12.4. The number of carbonyl (C=O) groups is 2. The third-order valence-corrected chi connectivity index (χ3v) is 5.09. The van der Waals surface area contributed by atoms with Gasteiger partial charge in [0.25, 0.3) is 0 Å². The summed E-state index contributed by atoms with van der Waals surface area (Å²) in [5, 5.41) is 9.44. The van der Waals surface area contributed by atoms with Crippen molar-refractivity contribution >= 4 is 11.9 Å². The Hall–Kier alpha value is -1.10. The number of piperidine rings is 2. The number of carboxylic acid groups (broad SMARTS) is 1. The Morgan fingerprint density at radius 3 is 2.48 bits per heavy atom. The summed E-state index contributed by atoms with van der Waals surface area (Å²) in [4.78, 5) is 28.1. The van der Waals surface area contributed by atoms with Crippen molar-refractivity contribution in [3.05, 3.63) is 0 Å². The van der Waals surface area contributed by atoms with Crippen molar-refractivity contribution in [2.75, 3.05) is 19.6 Å². The van der Waals surface area contributed by atoms with Gasteiger partial charge in [0, 0.05) is 25.0 Å². The SMILES string of the molecule is CC1CC(=O)N(C(C)CN2CCCCC2)C(C)C1C(=O)O. The van der Waals surface area contributed by atoms with E-state index in [-0.39, 0.29) is 23.9 Å². The lowest BCUT2D eigenvalue weighted by atomic mass is 9.80. The molecule has 2 saturated heterocycles. The molecule has 2 fully saturated rings. The summed E-state index contributed by atoms with van der Waals surface area (Å²) in [6.07, 6.45) is 4.10. The van der Waals surface area contributed by atoms with Crippen LogP contribution in [0.3, 0.4) is 0 Å². The Kier molecular flexibility index (Phi) is 5.25. The number of aliphatic carboxylic acids is 1. The molecule has 1 amide bonds. The van der Waals surface area contributed by atoms with Crippen LogP contribution in [0.15, 0.2) is 0 Å². The van der Waals surface area contributed by atoms with E-state index in [0.29, 0.717) is 6.42 Å². The smallest absolute Gasteiger partial charge is 0.308 e. The first-order valence-corrected chi connectivity index (χ1v) is 8.18. The molecule has 0 radical (unpaired) electrons. The fraction of sp³-hybridized carbons (Fsp3) is 0.875. The molecule has 0 bridgehead atoms. The van der Waals surface area contributed by atoms with Gasteiger partial charge in [0.05, 0.1) is 5.92 Å². The van der Waals surface area contributed by atoms with E-state index >= 15 is 0 Å². The standard InChI is InChI=1S/C16H28N2O3/c1-11-9-14(19)18(13(3)15(11)16(20)21)12(2)10-17-7-5-4-6-8-17/h11-13,15H,4-10H2,1-3H3,(H,20,21). The van der Waals surface area contributed by atoms with E-state index in [1.54, 1.807) is 0 Å². The third-order valence-electron chi connectivity index (χ3n) is 5.09. The van der Waals surface area contributed by atoms with E-state index in [4.69, 9.17) is 0 Å². The lowest BCUT2D eigenvalue weighted by molar-refractivity contribution is -0.156. The normalized spacial score (nSPS) is 33.0. The van der Waals surface area contributed by atoms with Crippen molar-refractivity contribution < 1.29 is 14.7 Å². The second-order valence-corrected chi connectivity index (χ2v) is 6.80. The molecule has 2 heterocycles. The first-order chi connectivity index (χ1) is 9.91. The Balaban J connectivity index is 2.04. The van der Waals surface area contributed by atoms with E-state index in [9.17, 15) is 14.7 Å². The molecule has 2 rings (SSSR count). The molecule has 120 valence electrons. The highest BCUT2D eigenvalue weighted by Gasteiger charge is 2.43. The molecule has 0 aromatic rings. The molecule has 0 spiro atoms. The Morgan fingerprint density at radius 2 is 1.90 bits per heavy atom. The monoisotopic (exact) mass is 296 g/mol. The van der Waals surface area contributed by atoms with Gasteiger partial charge in [0.1, 0.15) is 0 Å². The number of hydrogen-bond acceptors (Lipinski definition) is 3. The zero-order chi connectivity index (χ0) is 15.6. The molecule has 0 saturated carbocycles. The third kappa shape index (κ3) is 3.57. The van der Waals surface area contributed by atoms with Crippen molar-refractivity contribution in [2.45, 2.75) is 58.5 Å². The zero-order valence-corrected chi connectivity index (χ0v) is 13.4. The first-order valence-electron chi connectivity index (χ1n) is 8.18. The van der Waals surface area contributed by atoms with Crippen molar-refractivity contribution in [3.63, 3.8) is 0 Å². The number of likely N-dealkylation sites (tertiary alicyclic amines) is 2. The lowest BCUT2D eigenvalue weighted by Crippen LogP contribution is -2.58. The van der Waals surface area contributed by atoms with Crippen molar-refractivity contribution in [1.82, 2.24) is 9.80 Å². The second-order valence-electron chi connectivity index (χ2n) is 6.80. The quantitative estimate of drug-likeness (QED) is 0.859. The molecule has 0 aromatic carbocycles. The van der Waals surface area contributed by atoms with E-state index < -0.39 is 11.9 Å². The highest BCUT2D eigenvalue weighted by atomic mass is 16.4. The number of nitrogens with zero attached hydrogens (tertiary/aromatic N) is 2. The minimum Gasteiger partial charge on any atom is -0.481 e. The van der Waals surface area contributed by atoms with E-state index in [2.05, 4.69) is 11.8 Å². The van der Waals surface area contributed by atoms with Crippen LogP contribution in [0.25, 0.3) is 0 Å². The van der Waals surface area contributed by atoms with Gasteiger partial charge in [-0.3, -0.25) is 9.59 Å². The van der Waals surface area contributed by atoms with Gasteiger partial charge < -0.3 is 14.9 Å². The fourth-order valence-electron chi connectivity index (χ4n) is 4.08. The summed E-state index contributed by atoms with van der Waals surface area (Å²) in [5.74, 6) is -1.20. The average Bonchev–Trinajstić information content (AvgIpc) is 2.38. The van der Waals surface area contributed by atoms with Crippen molar-refractivity contribution in [2.24, 2.45) is 11.8 Å². The molecule has 0 aliphatic carbocycles. The molecule has 5 heteroatoms. The molecule has 2 aliphatic rings. The Labute approximate surface area is 127 Å². The highest BCUT2D eigenvalue weighted by molar-refractivity contribution is 5.82. The van der Waals surface area contributed by atoms with Crippen molar-refractivity contribution in [3.8, 4) is 0 Å². The van der Waals surface area contributed by atoms with Crippen LogP contribution < -0.4 is 0 Å². The second kappa shape index (κ2) is 6.77. The number of amides is 1. The van der Waals surface area contributed by atoms with Crippen LogP contribution in [0, 0.1) is 11.8 Å². The summed E-state index contributed by atoms with van der Waals surface area (Å²) < 4.78 is 0. The summed E-state index contributed by atoms with van der Waals surface area (Å²) in [6, 6.07) is -0.140. The van der Waals surface area contributed by atoms with Gasteiger partial charge in [-0.05, 0) is 45.7 Å². The maximum Gasteiger partial charge on any atom is 0.308 e. The molecule has 4 unspecified atom stereocenters. The average molecular weight is 296 g/mol. The zero-order valence-electron chi connectivity index (χ0n) is 13.4. The summed E-state index contributed by atoms with van der Waals surface area (Å²) in [7, 11) is 0. The van der Waals surface area contributed by atoms with Crippen LogP contribution in [0.1, 0.15) is 46.5 Å². The minimum atomic E-state index is -0.780. The van der Waals surface area contributed by atoms with E-state index in [1.165, 1.54) is 19.3 Å². The van der Waals surface area contributed by atoms with Gasteiger partial charge in [-0.15, -0.1) is 0 Å².